The Kier molecular flexibility index (Phi) is 7.22. The summed E-state index contributed by atoms with van der Waals surface area (Å²) in [4.78, 5) is 57.7. The molecule has 0 spiro atoms. The van der Waals surface area contributed by atoms with Gasteiger partial charge in [0.25, 0.3) is 5.56 Å². The minimum Gasteiger partial charge on any atom is -0.455 e. The van der Waals surface area contributed by atoms with Gasteiger partial charge in [0.1, 0.15) is 12.2 Å². The van der Waals surface area contributed by atoms with E-state index in [-0.39, 0.29) is 47.2 Å². The molecule has 34 heavy (non-hydrogen) atoms. The highest BCUT2D eigenvalue weighted by Gasteiger charge is 2.55. The number of aromatic amines is 1. The van der Waals surface area contributed by atoms with E-state index in [1.165, 1.54) is 4.57 Å². The van der Waals surface area contributed by atoms with Gasteiger partial charge in [-0.05, 0) is 28.8 Å². The quantitative estimate of drug-likeness (QED) is 0.253. The fraction of sp³-hybridized carbons (Fsp3) is 0.611. The minimum atomic E-state index is -4.38. The Labute approximate surface area is 201 Å². The first-order valence-corrected chi connectivity index (χ1v) is 12.9. The van der Waals surface area contributed by atoms with Crippen LogP contribution in [0.25, 0.3) is 11.2 Å². The summed E-state index contributed by atoms with van der Waals surface area (Å²) < 4.78 is 35.1. The number of amides is 1. The smallest absolute Gasteiger partial charge is 0.455 e. The van der Waals surface area contributed by atoms with Crippen LogP contribution < -0.4 is 10.9 Å². The summed E-state index contributed by atoms with van der Waals surface area (Å²) >= 11 is 3.28. The van der Waals surface area contributed by atoms with Crippen molar-refractivity contribution in [3.63, 3.8) is 0 Å². The van der Waals surface area contributed by atoms with Gasteiger partial charge in [-0.25, -0.2) is 9.55 Å². The molecule has 2 aromatic rings. The van der Waals surface area contributed by atoms with Crippen molar-refractivity contribution in [2.45, 2.75) is 64.1 Å². The van der Waals surface area contributed by atoms with Gasteiger partial charge >= 0.3 is 13.8 Å². The van der Waals surface area contributed by atoms with E-state index >= 15 is 0 Å². The number of anilines is 1. The van der Waals surface area contributed by atoms with Gasteiger partial charge in [-0.15, -0.1) is 0 Å². The topological polar surface area (TPSA) is 184 Å². The molecule has 2 aliphatic heterocycles. The number of carbonyl (C=O) groups is 2. The molecule has 0 radical (unpaired) electrons. The van der Waals surface area contributed by atoms with E-state index in [4.69, 9.17) is 18.5 Å². The highest BCUT2D eigenvalue weighted by molar-refractivity contribution is 9.10. The van der Waals surface area contributed by atoms with Crippen LogP contribution in [0.15, 0.2) is 9.53 Å². The lowest BCUT2D eigenvalue weighted by Crippen LogP contribution is -2.41. The summed E-state index contributed by atoms with van der Waals surface area (Å²) in [5.41, 5.74) is -0.663. The van der Waals surface area contributed by atoms with E-state index in [1.54, 1.807) is 6.92 Å². The van der Waals surface area contributed by atoms with Gasteiger partial charge in [-0.3, -0.25) is 38.3 Å². The number of rotatable bonds is 7. The fourth-order valence-electron chi connectivity index (χ4n) is 3.73. The number of phosphoric ester groups is 1. The molecular weight excluding hydrogens is 541 g/mol. The van der Waals surface area contributed by atoms with Crippen molar-refractivity contribution in [1.82, 2.24) is 19.5 Å². The molecule has 0 aromatic carbocycles. The monoisotopic (exact) mass is 563 g/mol. The average Bonchev–Trinajstić information content (AvgIpc) is 3.24. The zero-order valence-electron chi connectivity index (χ0n) is 18.2. The van der Waals surface area contributed by atoms with Gasteiger partial charge in [0.05, 0.1) is 6.61 Å². The molecule has 0 saturated carbocycles. The van der Waals surface area contributed by atoms with Crippen LogP contribution in [0.1, 0.15) is 45.8 Å². The summed E-state index contributed by atoms with van der Waals surface area (Å²) in [6, 6.07) is 0. The van der Waals surface area contributed by atoms with Crippen LogP contribution in [-0.4, -0.2) is 61.2 Å². The summed E-state index contributed by atoms with van der Waals surface area (Å²) in [7, 11) is -4.38. The van der Waals surface area contributed by atoms with Crippen LogP contribution in [-0.2, 0) is 32.7 Å². The maximum atomic E-state index is 12.6. The van der Waals surface area contributed by atoms with Crippen molar-refractivity contribution in [3.8, 4) is 0 Å². The first-order chi connectivity index (χ1) is 16.1. The standard InChI is InChI=1S/C18H23BrN5O9P/c1-3-5-9(25)20-18-22-14-11(15(27)23-18)21-17(19)24(14)16-13(32-10(26)6-4-2)12-8(31-16)7-30-34(28,29)33-12/h8,12-13,16H,3-7H2,1-2H3,(H,28,29)(H2,20,22,23,25,27)/t8-,12-,13-,16-/m1/s1. The molecule has 4 heterocycles. The van der Waals surface area contributed by atoms with Gasteiger partial charge in [0.2, 0.25) is 11.9 Å². The fourth-order valence-corrected chi connectivity index (χ4v) is 5.24. The average molecular weight is 564 g/mol. The van der Waals surface area contributed by atoms with Crippen LogP contribution in [0.2, 0.25) is 0 Å². The lowest BCUT2D eigenvalue weighted by atomic mass is 10.1. The Morgan fingerprint density at radius 3 is 2.76 bits per heavy atom. The molecule has 4 rings (SSSR count). The third-order valence-corrected chi connectivity index (χ3v) is 6.71. The number of phosphoric acid groups is 1. The predicted molar refractivity (Wildman–Crippen MR) is 119 cm³/mol. The third-order valence-electron chi connectivity index (χ3n) is 5.16. The van der Waals surface area contributed by atoms with E-state index in [1.807, 2.05) is 6.92 Å². The second kappa shape index (κ2) is 9.84. The molecule has 14 nitrogen and oxygen atoms in total. The Bertz CT molecular complexity index is 1220. The van der Waals surface area contributed by atoms with Crippen molar-refractivity contribution in [2.24, 2.45) is 0 Å². The number of imidazole rings is 1. The highest BCUT2D eigenvalue weighted by Crippen LogP contribution is 2.53. The molecule has 1 amide bonds. The van der Waals surface area contributed by atoms with Crippen molar-refractivity contribution in [3.05, 3.63) is 15.1 Å². The van der Waals surface area contributed by atoms with E-state index in [0.29, 0.717) is 12.8 Å². The highest BCUT2D eigenvalue weighted by atomic mass is 79.9. The second-order valence-corrected chi connectivity index (χ2v) is 9.86. The van der Waals surface area contributed by atoms with E-state index < -0.39 is 43.9 Å². The molecule has 0 aliphatic carbocycles. The minimum absolute atomic E-state index is 0.0238. The molecule has 5 atom stereocenters. The van der Waals surface area contributed by atoms with E-state index in [2.05, 4.69) is 36.2 Å². The number of carbonyl (C=O) groups excluding carboxylic acids is 2. The molecule has 1 unspecified atom stereocenters. The summed E-state index contributed by atoms with van der Waals surface area (Å²) in [5, 5.41) is 2.52. The summed E-state index contributed by atoms with van der Waals surface area (Å²) in [6.07, 6.45) is -2.84. The van der Waals surface area contributed by atoms with Gasteiger partial charge in [-0.2, -0.15) is 4.98 Å². The Morgan fingerprint density at radius 1 is 1.32 bits per heavy atom. The largest absolute Gasteiger partial charge is 0.472 e. The van der Waals surface area contributed by atoms with Crippen LogP contribution >= 0.6 is 23.8 Å². The van der Waals surface area contributed by atoms with Crippen LogP contribution in [0, 0.1) is 0 Å². The molecule has 2 aliphatic rings. The Hall–Kier alpha value is -2.16. The van der Waals surface area contributed by atoms with Gasteiger partial charge in [0.15, 0.2) is 28.2 Å². The molecule has 0 bridgehead atoms. The third kappa shape index (κ3) is 4.95. The predicted octanol–water partition coefficient (Wildman–Crippen LogP) is 1.75. The number of halogens is 1. The number of fused-ring (bicyclic) bond motifs is 2. The summed E-state index contributed by atoms with van der Waals surface area (Å²) in [6.45, 7) is 3.34. The molecule has 16 heteroatoms. The second-order valence-electron chi connectivity index (χ2n) is 7.74. The SMILES string of the molecule is CCCC(=O)Nc1nc2c(nc(Br)n2[C@@H]2O[C@@H]3COP(=O)(O)O[C@H]3[C@H]2OC(=O)CCC)c(=O)[nH]1. The molecule has 2 saturated heterocycles. The Balaban J connectivity index is 1.77. The van der Waals surface area contributed by atoms with E-state index in [0.717, 1.165) is 0 Å². The number of nitrogens with zero attached hydrogens (tertiary/aromatic N) is 3. The lowest BCUT2D eigenvalue weighted by Gasteiger charge is -2.29. The number of H-pyrrole nitrogens is 1. The normalized spacial score (nSPS) is 28.6. The van der Waals surface area contributed by atoms with Crippen LogP contribution in [0.5, 0.6) is 0 Å². The maximum Gasteiger partial charge on any atom is 0.472 e. The molecule has 2 aromatic heterocycles. The van der Waals surface area contributed by atoms with E-state index in [9.17, 15) is 23.8 Å². The number of esters is 1. The van der Waals surface area contributed by atoms with Crippen LogP contribution in [0.4, 0.5) is 5.95 Å². The molecular formula is C18H23BrN5O9P. The summed E-state index contributed by atoms with van der Waals surface area (Å²) in [5.74, 6) is -1.00. The zero-order chi connectivity index (χ0) is 24.6. The van der Waals surface area contributed by atoms with Crippen LogP contribution in [0.3, 0.4) is 0 Å². The maximum absolute atomic E-state index is 12.6. The number of hydrogen-bond donors (Lipinski definition) is 3. The van der Waals surface area contributed by atoms with Gasteiger partial charge < -0.3 is 14.4 Å². The molecule has 186 valence electrons. The lowest BCUT2D eigenvalue weighted by molar-refractivity contribution is -0.158. The van der Waals surface area contributed by atoms with Crippen molar-refractivity contribution in [2.75, 3.05) is 11.9 Å². The van der Waals surface area contributed by atoms with Crippen molar-refractivity contribution >= 4 is 52.7 Å². The number of nitrogens with one attached hydrogen (secondary N) is 2. The first-order valence-electron chi connectivity index (χ1n) is 10.6. The molecule has 2 fully saturated rings. The van der Waals surface area contributed by atoms with Gasteiger partial charge in [-0.1, -0.05) is 13.8 Å². The number of hydrogen-bond acceptors (Lipinski definition) is 10. The van der Waals surface area contributed by atoms with Crippen molar-refractivity contribution in [1.29, 1.82) is 0 Å². The zero-order valence-corrected chi connectivity index (χ0v) is 20.7. The van der Waals surface area contributed by atoms with Crippen molar-refractivity contribution < 1.29 is 37.6 Å². The molecule has 3 N–H and O–H groups in total. The first kappa shape index (κ1) is 24.9. The number of aromatic nitrogens is 4. The van der Waals surface area contributed by atoms with Gasteiger partial charge in [0, 0.05) is 12.8 Å². The number of ether oxygens (including phenoxy) is 2. The Morgan fingerprint density at radius 2 is 2.06 bits per heavy atom.